The first-order valence-electron chi connectivity index (χ1n) is 7.34. The van der Waals surface area contributed by atoms with Crippen LogP contribution in [0.3, 0.4) is 0 Å². The average molecular weight is 429 g/mol. The van der Waals surface area contributed by atoms with Gasteiger partial charge in [0.1, 0.15) is 12.8 Å². The molecule has 4 amide bonds. The number of nitrogens with one attached hydrogen (secondary N) is 6. The zero-order valence-corrected chi connectivity index (χ0v) is 14.9. The maximum absolute atomic E-state index is 10.9. The van der Waals surface area contributed by atoms with Gasteiger partial charge in [-0.3, -0.25) is 19.2 Å². The van der Waals surface area contributed by atoms with Crippen LogP contribution in [0.25, 0.3) is 0 Å². The molecule has 0 rings (SSSR count). The van der Waals surface area contributed by atoms with Crippen molar-refractivity contribution in [2.45, 2.75) is 55.4 Å². The van der Waals surface area contributed by atoms with Crippen LogP contribution in [0.5, 0.6) is 0 Å². The lowest BCUT2D eigenvalue weighted by Gasteiger charge is -2.16. The molecule has 12 heteroatoms. The molecule has 0 heterocycles. The van der Waals surface area contributed by atoms with E-state index in [1.54, 1.807) is 14.1 Å². The molecule has 0 aromatic rings. The van der Waals surface area contributed by atoms with E-state index in [9.17, 15) is 19.2 Å². The van der Waals surface area contributed by atoms with Crippen LogP contribution in [0.15, 0.2) is 0 Å². The van der Waals surface area contributed by atoms with Gasteiger partial charge in [-0.15, -0.1) is 0 Å². The Balaban J connectivity index is -0.0000000818. The van der Waals surface area contributed by atoms with Crippen molar-refractivity contribution in [1.29, 1.82) is 0 Å². The fourth-order valence-corrected chi connectivity index (χ4v) is 1.19. The van der Waals surface area contributed by atoms with Crippen molar-refractivity contribution >= 4 is 23.6 Å². The first kappa shape index (κ1) is 41.2. The quantitative estimate of drug-likeness (QED) is 0.160. The summed E-state index contributed by atoms with van der Waals surface area (Å²) in [6.45, 7) is 1.62. The Morgan fingerprint density at radius 2 is 1.03 bits per heavy atom. The summed E-state index contributed by atoms with van der Waals surface area (Å²) < 4.78 is 0. The van der Waals surface area contributed by atoms with E-state index in [1.165, 1.54) is 7.05 Å². The Labute approximate surface area is 175 Å². The van der Waals surface area contributed by atoms with Crippen LogP contribution >= 0.6 is 0 Å². The lowest BCUT2D eigenvalue weighted by atomic mass is 10.3. The number of rotatable bonds is 9. The highest BCUT2D eigenvalue weighted by Crippen LogP contribution is 1.91. The van der Waals surface area contributed by atoms with Crippen molar-refractivity contribution in [2.24, 2.45) is 0 Å². The molecular weight excluding hydrogens is 384 g/mol. The number of carbonyl (C=O) groups is 4. The minimum absolute atomic E-state index is 0. The van der Waals surface area contributed by atoms with Crippen LogP contribution < -0.4 is 31.9 Å². The molecule has 0 aromatic heterocycles. The van der Waals surface area contributed by atoms with E-state index in [0.717, 1.165) is 6.92 Å². The first-order chi connectivity index (χ1) is 11.6. The van der Waals surface area contributed by atoms with Gasteiger partial charge < -0.3 is 42.1 Å². The fraction of sp³-hybridized carbons (Fsp3) is 0.765. The second-order valence-electron chi connectivity index (χ2n) is 4.86. The summed E-state index contributed by atoms with van der Waals surface area (Å²) in [6, 6.07) is 0. The van der Waals surface area contributed by atoms with Gasteiger partial charge in [-0.1, -0.05) is 29.7 Å². The first-order valence-corrected chi connectivity index (χ1v) is 7.34. The average Bonchev–Trinajstić information content (AvgIpc) is 2.49. The molecule has 0 saturated heterocycles. The molecular formula is C17H44N6O6. The van der Waals surface area contributed by atoms with E-state index in [2.05, 4.69) is 26.6 Å². The predicted molar refractivity (Wildman–Crippen MR) is 115 cm³/mol. The molecule has 0 radical (unpaired) electrons. The van der Waals surface area contributed by atoms with Gasteiger partial charge in [-0.05, 0) is 14.1 Å². The summed E-state index contributed by atoms with van der Waals surface area (Å²) in [5.74, 6) is -4.11. The largest absolute Gasteiger partial charge is 0.359 e. The van der Waals surface area contributed by atoms with Gasteiger partial charge in [-0.25, -0.2) is 0 Å². The van der Waals surface area contributed by atoms with Crippen LogP contribution in [-0.4, -0.2) is 74.2 Å². The van der Waals surface area contributed by atoms with Crippen LogP contribution in [0.1, 0.15) is 49.5 Å². The maximum Gasteiger partial charge on any atom is 0.243 e. The normalized spacial score (nSPS) is 8.62. The minimum atomic E-state index is -2.29. The van der Waals surface area contributed by atoms with Crippen molar-refractivity contribution in [3.63, 3.8) is 0 Å². The van der Waals surface area contributed by atoms with E-state index in [-0.39, 0.29) is 54.6 Å². The lowest BCUT2D eigenvalue weighted by molar-refractivity contribution is -0.177. The molecule has 0 atom stereocenters. The summed E-state index contributed by atoms with van der Waals surface area (Å²) in [5, 5.41) is 31.9. The third-order valence-electron chi connectivity index (χ3n) is 2.22. The highest BCUT2D eigenvalue weighted by atomic mass is 16.5. The Morgan fingerprint density at radius 1 is 0.690 bits per heavy atom. The molecule has 0 spiro atoms. The van der Waals surface area contributed by atoms with Gasteiger partial charge in [-0.2, -0.15) is 0 Å². The molecule has 0 aliphatic rings. The van der Waals surface area contributed by atoms with Crippen molar-refractivity contribution in [3.05, 3.63) is 0 Å². The molecule has 0 aliphatic heterocycles. The van der Waals surface area contributed by atoms with E-state index in [0.29, 0.717) is 6.67 Å². The van der Waals surface area contributed by atoms with E-state index in [4.69, 9.17) is 10.2 Å². The molecule has 0 unspecified atom stereocenters. The van der Waals surface area contributed by atoms with Gasteiger partial charge in [0.05, 0.1) is 13.3 Å². The lowest BCUT2D eigenvalue weighted by Crippen LogP contribution is -2.47. The number of aliphatic hydroxyl groups is 2. The zero-order chi connectivity index (χ0) is 19.9. The molecule has 8 N–H and O–H groups in total. The van der Waals surface area contributed by atoms with Crippen molar-refractivity contribution in [3.8, 4) is 0 Å². The number of hydrogen-bond acceptors (Lipinski definition) is 8. The topological polar surface area (TPSA) is 181 Å². The van der Waals surface area contributed by atoms with Crippen LogP contribution in [0.4, 0.5) is 0 Å². The molecule has 12 nitrogen and oxygen atoms in total. The standard InChI is InChI=1S/C7H15N3O4.C6H13N3O2.4CH4/c1-7(13,14)10-6(12)3-5(11)9-4-8-2;1-7-4-9-6(11)3-5(10)8-2;;;;/h8,13-14H,3-4H2,1-2H3,(H,9,11)(H,10,12);7H,3-4H2,1-2H3,(H,8,10)(H,9,11);4*1H4. The molecule has 0 bridgehead atoms. The maximum atomic E-state index is 10.9. The minimum Gasteiger partial charge on any atom is -0.359 e. The van der Waals surface area contributed by atoms with Gasteiger partial charge >= 0.3 is 0 Å². The zero-order valence-electron chi connectivity index (χ0n) is 14.9. The van der Waals surface area contributed by atoms with Crippen LogP contribution in [-0.2, 0) is 19.2 Å². The number of amides is 4. The van der Waals surface area contributed by atoms with Gasteiger partial charge in [0.2, 0.25) is 29.5 Å². The van der Waals surface area contributed by atoms with Crippen molar-refractivity contribution in [1.82, 2.24) is 31.9 Å². The highest BCUT2D eigenvalue weighted by molar-refractivity contribution is 5.97. The smallest absolute Gasteiger partial charge is 0.243 e. The molecule has 0 aliphatic carbocycles. The van der Waals surface area contributed by atoms with Gasteiger partial charge in [0, 0.05) is 14.0 Å². The van der Waals surface area contributed by atoms with E-state index >= 15 is 0 Å². The fourth-order valence-electron chi connectivity index (χ4n) is 1.19. The summed E-state index contributed by atoms with van der Waals surface area (Å²) in [5.41, 5.74) is 0. The second-order valence-corrected chi connectivity index (χ2v) is 4.86. The Kier molecular flexibility index (Phi) is 33.7. The van der Waals surface area contributed by atoms with Crippen molar-refractivity contribution < 1.29 is 29.4 Å². The third-order valence-corrected chi connectivity index (χ3v) is 2.22. The summed E-state index contributed by atoms with van der Waals surface area (Å²) >= 11 is 0. The summed E-state index contributed by atoms with van der Waals surface area (Å²) in [4.78, 5) is 43.2. The van der Waals surface area contributed by atoms with Crippen LogP contribution in [0, 0.1) is 0 Å². The molecule has 0 saturated carbocycles. The second kappa shape index (κ2) is 23.8. The van der Waals surface area contributed by atoms with E-state index < -0.39 is 24.1 Å². The Hall–Kier alpha value is -2.28. The Morgan fingerprint density at radius 3 is 1.31 bits per heavy atom. The van der Waals surface area contributed by atoms with Gasteiger partial charge in [0.15, 0.2) is 0 Å². The number of carbonyl (C=O) groups excluding carboxylic acids is 4. The summed E-state index contributed by atoms with van der Waals surface area (Å²) in [7, 11) is 4.84. The molecule has 29 heavy (non-hydrogen) atoms. The highest BCUT2D eigenvalue weighted by Gasteiger charge is 2.19. The summed E-state index contributed by atoms with van der Waals surface area (Å²) in [6.07, 6.45) is -0.559. The molecule has 0 aromatic carbocycles. The van der Waals surface area contributed by atoms with Crippen LogP contribution in [0.2, 0.25) is 0 Å². The van der Waals surface area contributed by atoms with E-state index in [1.807, 2.05) is 5.32 Å². The number of hydrogen-bond donors (Lipinski definition) is 8. The third kappa shape index (κ3) is 33.7. The Bertz CT molecular complexity index is 441. The van der Waals surface area contributed by atoms with Gasteiger partial charge in [0.25, 0.3) is 0 Å². The van der Waals surface area contributed by atoms with Crippen molar-refractivity contribution in [2.75, 3.05) is 34.5 Å². The molecule has 0 fully saturated rings. The SMILES string of the molecule is C.C.C.C.CNCNC(=O)CC(=O)NC.CNCNC(=O)CC(=O)NC(C)(O)O. The monoisotopic (exact) mass is 428 g/mol. The molecule has 178 valence electrons. The predicted octanol–water partition coefficient (Wildman–Crippen LogP) is -1.60.